The van der Waals surface area contributed by atoms with Crippen LogP contribution in [0.4, 0.5) is 0 Å². The second-order valence-electron chi connectivity index (χ2n) is 7.47. The summed E-state index contributed by atoms with van der Waals surface area (Å²) in [6, 6.07) is 8.54. The summed E-state index contributed by atoms with van der Waals surface area (Å²) < 4.78 is 0. The molecule has 0 aliphatic heterocycles. The first-order chi connectivity index (χ1) is 9.47. The molecular weight excluding hydrogens is 244 g/mol. The van der Waals surface area contributed by atoms with Crippen LogP contribution >= 0.6 is 0 Å². The second kappa shape index (κ2) is 6.76. The predicted molar refractivity (Wildman–Crippen MR) is 85.9 cm³/mol. The monoisotopic (exact) mass is 274 g/mol. The molecule has 1 N–H and O–H groups in total. The molecule has 20 heavy (non-hydrogen) atoms. The van der Waals surface area contributed by atoms with E-state index >= 15 is 0 Å². The lowest BCUT2D eigenvalue weighted by Crippen LogP contribution is -2.11. The molecule has 112 valence electrons. The van der Waals surface area contributed by atoms with Crippen LogP contribution < -0.4 is 0 Å². The number of rotatable bonds is 4. The van der Waals surface area contributed by atoms with Crippen molar-refractivity contribution < 1.29 is 5.11 Å². The maximum Gasteiger partial charge on any atom is 0.0790 e. The van der Waals surface area contributed by atoms with E-state index in [-0.39, 0.29) is 11.5 Å². The number of hydrogen-bond donors (Lipinski definition) is 1. The summed E-state index contributed by atoms with van der Waals surface area (Å²) in [5, 5.41) is 10.3. The van der Waals surface area contributed by atoms with Crippen LogP contribution in [-0.2, 0) is 5.41 Å². The lowest BCUT2D eigenvalue weighted by atomic mass is 9.84. The van der Waals surface area contributed by atoms with Gasteiger partial charge in [0.2, 0.25) is 0 Å². The van der Waals surface area contributed by atoms with Crippen LogP contribution in [0.2, 0.25) is 0 Å². The number of aliphatic hydroxyl groups is 1. The zero-order valence-corrected chi connectivity index (χ0v) is 13.4. The first-order valence-electron chi connectivity index (χ1n) is 8.25. The van der Waals surface area contributed by atoms with E-state index < -0.39 is 0 Å². The summed E-state index contributed by atoms with van der Waals surface area (Å²) in [6.45, 7) is 6.67. The molecule has 1 unspecified atom stereocenters. The molecule has 0 spiro atoms. The van der Waals surface area contributed by atoms with Gasteiger partial charge in [-0.15, -0.1) is 0 Å². The van der Waals surface area contributed by atoms with E-state index in [1.54, 1.807) is 0 Å². The summed E-state index contributed by atoms with van der Waals surface area (Å²) in [5.74, 6) is 0.854. The van der Waals surface area contributed by atoms with Crippen LogP contribution in [-0.4, -0.2) is 5.11 Å². The van der Waals surface area contributed by atoms with E-state index in [0.717, 1.165) is 17.9 Å². The average molecular weight is 274 g/mol. The van der Waals surface area contributed by atoms with Gasteiger partial charge in [-0.1, -0.05) is 77.1 Å². The van der Waals surface area contributed by atoms with Gasteiger partial charge in [0.1, 0.15) is 0 Å². The summed E-state index contributed by atoms with van der Waals surface area (Å²) in [4.78, 5) is 0. The fourth-order valence-electron chi connectivity index (χ4n) is 3.24. The molecule has 1 nitrogen and oxygen atoms in total. The van der Waals surface area contributed by atoms with Crippen molar-refractivity contribution in [3.63, 3.8) is 0 Å². The minimum atomic E-state index is -0.286. The molecule has 1 aliphatic carbocycles. The van der Waals surface area contributed by atoms with Crippen molar-refractivity contribution in [1.82, 2.24) is 0 Å². The summed E-state index contributed by atoms with van der Waals surface area (Å²) in [5.41, 5.74) is 2.60. The third kappa shape index (κ3) is 4.34. The Morgan fingerprint density at radius 1 is 1.05 bits per heavy atom. The molecule has 1 saturated carbocycles. The van der Waals surface area contributed by atoms with Crippen molar-refractivity contribution in [1.29, 1.82) is 0 Å². The minimum absolute atomic E-state index is 0.186. The van der Waals surface area contributed by atoms with Crippen LogP contribution in [0.25, 0.3) is 0 Å². The molecule has 1 atom stereocenters. The van der Waals surface area contributed by atoms with Crippen molar-refractivity contribution in [2.45, 2.75) is 77.2 Å². The highest BCUT2D eigenvalue weighted by Gasteiger charge is 2.17. The zero-order valence-electron chi connectivity index (χ0n) is 13.4. The summed E-state index contributed by atoms with van der Waals surface area (Å²) >= 11 is 0. The topological polar surface area (TPSA) is 20.2 Å². The van der Waals surface area contributed by atoms with E-state index in [1.165, 1.54) is 44.1 Å². The fourth-order valence-corrected chi connectivity index (χ4v) is 3.24. The van der Waals surface area contributed by atoms with Crippen LogP contribution in [0.1, 0.15) is 82.9 Å². The van der Waals surface area contributed by atoms with Gasteiger partial charge in [0.15, 0.2) is 0 Å². The highest BCUT2D eigenvalue weighted by molar-refractivity contribution is 5.28. The average Bonchev–Trinajstić information content (AvgIpc) is 2.45. The maximum absolute atomic E-state index is 10.3. The van der Waals surface area contributed by atoms with E-state index in [4.69, 9.17) is 0 Å². The van der Waals surface area contributed by atoms with Gasteiger partial charge in [0.25, 0.3) is 0 Å². The molecule has 1 heteroatoms. The largest absolute Gasteiger partial charge is 0.388 e. The van der Waals surface area contributed by atoms with Gasteiger partial charge in [0.05, 0.1) is 6.10 Å². The van der Waals surface area contributed by atoms with Crippen molar-refractivity contribution in [3.8, 4) is 0 Å². The van der Waals surface area contributed by atoms with Gasteiger partial charge < -0.3 is 5.11 Å². The van der Waals surface area contributed by atoms with E-state index in [9.17, 15) is 5.11 Å². The summed E-state index contributed by atoms with van der Waals surface area (Å²) in [6.07, 6.45) is 8.74. The Kier molecular flexibility index (Phi) is 5.26. The molecule has 0 bridgehead atoms. The lowest BCUT2D eigenvalue weighted by Gasteiger charge is -2.23. The van der Waals surface area contributed by atoms with E-state index in [1.807, 2.05) is 0 Å². The maximum atomic E-state index is 10.3. The third-order valence-corrected chi connectivity index (χ3v) is 4.73. The molecule has 0 saturated heterocycles. The van der Waals surface area contributed by atoms with Gasteiger partial charge in [0, 0.05) is 0 Å². The molecule has 1 aliphatic rings. The van der Waals surface area contributed by atoms with E-state index in [0.29, 0.717) is 0 Å². The number of hydrogen-bond acceptors (Lipinski definition) is 1. The van der Waals surface area contributed by atoms with Gasteiger partial charge in [-0.2, -0.15) is 0 Å². The first kappa shape index (κ1) is 15.6. The normalized spacial score (nSPS) is 19.0. The molecule has 1 aromatic carbocycles. The predicted octanol–water partition coefficient (Wildman–Crippen LogP) is 5.38. The SMILES string of the molecule is CC(C)(C)c1ccc(C(O)CCC2CCCCC2)cc1. The molecule has 0 amide bonds. The first-order valence-corrected chi connectivity index (χ1v) is 8.25. The van der Waals surface area contributed by atoms with Gasteiger partial charge in [-0.05, 0) is 35.3 Å². The summed E-state index contributed by atoms with van der Waals surface area (Å²) in [7, 11) is 0. The Hall–Kier alpha value is -0.820. The van der Waals surface area contributed by atoms with Gasteiger partial charge in [-0.3, -0.25) is 0 Å². The van der Waals surface area contributed by atoms with Gasteiger partial charge in [-0.25, -0.2) is 0 Å². The highest BCUT2D eigenvalue weighted by Crippen LogP contribution is 2.31. The number of benzene rings is 1. The fraction of sp³-hybridized carbons (Fsp3) is 0.684. The molecule has 0 radical (unpaired) electrons. The van der Waals surface area contributed by atoms with E-state index in [2.05, 4.69) is 45.0 Å². The van der Waals surface area contributed by atoms with Gasteiger partial charge >= 0.3 is 0 Å². The third-order valence-electron chi connectivity index (χ3n) is 4.73. The Morgan fingerprint density at radius 2 is 1.65 bits per heavy atom. The molecule has 1 aromatic rings. The molecule has 0 heterocycles. The Labute approximate surface area is 124 Å². The quantitative estimate of drug-likeness (QED) is 0.781. The van der Waals surface area contributed by atoms with Crippen molar-refractivity contribution >= 4 is 0 Å². The Balaban J connectivity index is 1.87. The van der Waals surface area contributed by atoms with Crippen LogP contribution in [0.15, 0.2) is 24.3 Å². The second-order valence-corrected chi connectivity index (χ2v) is 7.47. The Bertz CT molecular complexity index is 393. The standard InChI is InChI=1S/C19H30O/c1-19(2,3)17-12-10-16(11-13-17)18(20)14-9-15-7-5-4-6-8-15/h10-13,15,18,20H,4-9,14H2,1-3H3. The van der Waals surface area contributed by atoms with Crippen LogP contribution in [0.3, 0.4) is 0 Å². The molecule has 2 rings (SSSR count). The van der Waals surface area contributed by atoms with Crippen LogP contribution in [0.5, 0.6) is 0 Å². The van der Waals surface area contributed by atoms with Crippen molar-refractivity contribution in [2.75, 3.05) is 0 Å². The lowest BCUT2D eigenvalue weighted by molar-refractivity contribution is 0.151. The van der Waals surface area contributed by atoms with Crippen molar-refractivity contribution in [3.05, 3.63) is 35.4 Å². The number of aliphatic hydroxyl groups excluding tert-OH is 1. The molecular formula is C19H30O. The highest BCUT2D eigenvalue weighted by atomic mass is 16.3. The zero-order chi connectivity index (χ0) is 14.6. The smallest absolute Gasteiger partial charge is 0.0790 e. The molecule has 0 aromatic heterocycles. The van der Waals surface area contributed by atoms with Crippen molar-refractivity contribution in [2.24, 2.45) is 5.92 Å². The minimum Gasteiger partial charge on any atom is -0.388 e. The molecule has 1 fully saturated rings. The Morgan fingerprint density at radius 3 is 2.20 bits per heavy atom. The van der Waals surface area contributed by atoms with Crippen LogP contribution in [0, 0.1) is 5.92 Å².